The molecule has 0 aliphatic carbocycles. The fourth-order valence-corrected chi connectivity index (χ4v) is 3.57. The number of carbonyl (C=O) groups excluding carboxylic acids is 1. The van der Waals surface area contributed by atoms with Gasteiger partial charge in [0.25, 0.3) is 5.91 Å². The Morgan fingerprint density at radius 1 is 1.32 bits per heavy atom. The van der Waals surface area contributed by atoms with Crippen molar-refractivity contribution in [1.29, 1.82) is 0 Å². The number of aromatic nitrogens is 3. The van der Waals surface area contributed by atoms with E-state index in [4.69, 9.17) is 9.15 Å². The topological polar surface area (TPSA) is 76.6 Å². The van der Waals surface area contributed by atoms with Crippen molar-refractivity contribution in [2.75, 3.05) is 32.8 Å². The predicted molar refractivity (Wildman–Crippen MR) is 89.0 cm³/mol. The summed E-state index contributed by atoms with van der Waals surface area (Å²) >= 11 is 0. The van der Waals surface area contributed by atoms with E-state index in [9.17, 15) is 4.79 Å². The Morgan fingerprint density at radius 3 is 2.92 bits per heavy atom. The van der Waals surface area contributed by atoms with Crippen LogP contribution in [-0.2, 0) is 17.8 Å². The zero-order valence-corrected chi connectivity index (χ0v) is 14.4. The molecule has 0 bridgehead atoms. The Hall–Kier alpha value is -2.19. The highest BCUT2D eigenvalue weighted by Gasteiger charge is 2.32. The summed E-state index contributed by atoms with van der Waals surface area (Å²) in [5.41, 5.74) is 1.68. The quantitative estimate of drug-likeness (QED) is 0.824. The number of fused-ring (bicyclic) bond motifs is 1. The molecular weight excluding hydrogens is 322 g/mol. The highest BCUT2D eigenvalue weighted by molar-refractivity contribution is 5.92. The standard InChI is InChI=1S/C17H23N5O3/c1-13-16(25-12-18-13)17(23)21-11-15-2-4-19-22(15)5-3-14(21)10-20-6-8-24-9-7-20/h2,4,12,14H,3,5-11H2,1H3. The summed E-state index contributed by atoms with van der Waals surface area (Å²) < 4.78 is 12.8. The summed E-state index contributed by atoms with van der Waals surface area (Å²) in [5.74, 6) is 0.239. The first kappa shape index (κ1) is 16.3. The van der Waals surface area contributed by atoms with Gasteiger partial charge in [-0.3, -0.25) is 14.4 Å². The third kappa shape index (κ3) is 3.32. The van der Waals surface area contributed by atoms with Crippen LogP contribution in [0.3, 0.4) is 0 Å². The van der Waals surface area contributed by atoms with Gasteiger partial charge in [0.15, 0.2) is 6.39 Å². The van der Waals surface area contributed by atoms with Crippen molar-refractivity contribution in [2.45, 2.75) is 32.5 Å². The van der Waals surface area contributed by atoms with E-state index in [1.165, 1.54) is 6.39 Å². The van der Waals surface area contributed by atoms with Gasteiger partial charge in [-0.1, -0.05) is 0 Å². The van der Waals surface area contributed by atoms with E-state index in [0.717, 1.165) is 51.5 Å². The average molecular weight is 345 g/mol. The van der Waals surface area contributed by atoms with E-state index in [1.54, 1.807) is 13.1 Å². The van der Waals surface area contributed by atoms with Gasteiger partial charge in [0.2, 0.25) is 5.76 Å². The van der Waals surface area contributed by atoms with E-state index in [2.05, 4.69) is 15.0 Å². The van der Waals surface area contributed by atoms with Gasteiger partial charge < -0.3 is 14.1 Å². The zero-order chi connectivity index (χ0) is 17.2. The normalized spacial score (nSPS) is 21.8. The van der Waals surface area contributed by atoms with Crippen LogP contribution in [0.5, 0.6) is 0 Å². The second-order valence-electron chi connectivity index (χ2n) is 6.60. The van der Waals surface area contributed by atoms with Crippen molar-refractivity contribution in [3.63, 3.8) is 0 Å². The van der Waals surface area contributed by atoms with Gasteiger partial charge in [0.1, 0.15) is 0 Å². The van der Waals surface area contributed by atoms with Crippen molar-refractivity contribution in [3.05, 3.63) is 35.8 Å². The third-order valence-electron chi connectivity index (χ3n) is 5.03. The van der Waals surface area contributed by atoms with E-state index < -0.39 is 0 Å². The van der Waals surface area contributed by atoms with E-state index in [-0.39, 0.29) is 11.9 Å². The van der Waals surface area contributed by atoms with Gasteiger partial charge in [-0.05, 0) is 19.4 Å². The van der Waals surface area contributed by atoms with E-state index >= 15 is 0 Å². The van der Waals surface area contributed by atoms with Crippen LogP contribution in [0.1, 0.15) is 28.4 Å². The highest BCUT2D eigenvalue weighted by Crippen LogP contribution is 2.22. The minimum Gasteiger partial charge on any atom is -0.438 e. The number of amides is 1. The van der Waals surface area contributed by atoms with Gasteiger partial charge >= 0.3 is 0 Å². The molecule has 0 aromatic carbocycles. The minimum atomic E-state index is -0.0945. The molecule has 2 aliphatic heterocycles. The molecule has 2 aromatic rings. The van der Waals surface area contributed by atoms with Crippen LogP contribution < -0.4 is 0 Å². The zero-order valence-electron chi connectivity index (χ0n) is 14.4. The SMILES string of the molecule is Cc1ncoc1C(=O)N1Cc2ccnn2CCC1CN1CCOCC1. The molecule has 1 atom stereocenters. The number of hydrogen-bond donors (Lipinski definition) is 0. The lowest BCUT2D eigenvalue weighted by molar-refractivity contribution is 0.0195. The van der Waals surface area contributed by atoms with Crippen molar-refractivity contribution in [2.24, 2.45) is 0 Å². The molecule has 2 aliphatic rings. The van der Waals surface area contributed by atoms with Gasteiger partial charge in [0.05, 0.1) is 31.1 Å². The molecule has 1 fully saturated rings. The second-order valence-corrected chi connectivity index (χ2v) is 6.60. The van der Waals surface area contributed by atoms with E-state index in [1.807, 2.05) is 15.6 Å². The van der Waals surface area contributed by atoms with Crippen LogP contribution in [0, 0.1) is 6.92 Å². The number of carbonyl (C=O) groups is 1. The van der Waals surface area contributed by atoms with Crippen LogP contribution in [0.4, 0.5) is 0 Å². The maximum Gasteiger partial charge on any atom is 0.292 e. The van der Waals surface area contributed by atoms with Crippen LogP contribution in [0.2, 0.25) is 0 Å². The highest BCUT2D eigenvalue weighted by atomic mass is 16.5. The minimum absolute atomic E-state index is 0.0945. The molecule has 1 saturated heterocycles. The van der Waals surface area contributed by atoms with Gasteiger partial charge in [-0.2, -0.15) is 5.10 Å². The summed E-state index contributed by atoms with van der Waals surface area (Å²) in [7, 11) is 0. The Kier molecular flexibility index (Phi) is 4.54. The van der Waals surface area contributed by atoms with Crippen molar-refractivity contribution in [3.8, 4) is 0 Å². The number of oxazole rings is 1. The fourth-order valence-electron chi connectivity index (χ4n) is 3.57. The molecule has 8 heteroatoms. The summed E-state index contributed by atoms with van der Waals surface area (Å²) in [6.45, 7) is 7.31. The Labute approximate surface area is 146 Å². The van der Waals surface area contributed by atoms with Crippen molar-refractivity contribution in [1.82, 2.24) is 24.6 Å². The van der Waals surface area contributed by atoms with Gasteiger partial charge in [0, 0.05) is 38.4 Å². The maximum absolute atomic E-state index is 13.1. The number of rotatable bonds is 3. The fraction of sp³-hybridized carbons (Fsp3) is 0.588. The molecule has 0 N–H and O–H groups in total. The summed E-state index contributed by atoms with van der Waals surface area (Å²) in [4.78, 5) is 21.5. The Morgan fingerprint density at radius 2 is 2.16 bits per heavy atom. The summed E-state index contributed by atoms with van der Waals surface area (Å²) in [5, 5.41) is 4.38. The average Bonchev–Trinajstić information content (AvgIpc) is 3.22. The largest absolute Gasteiger partial charge is 0.438 e. The van der Waals surface area contributed by atoms with Crippen LogP contribution in [-0.4, -0.2) is 69.4 Å². The maximum atomic E-state index is 13.1. The molecule has 0 radical (unpaired) electrons. The van der Waals surface area contributed by atoms with Crippen molar-refractivity contribution < 1.29 is 13.9 Å². The molecular formula is C17H23N5O3. The lowest BCUT2D eigenvalue weighted by Gasteiger charge is -2.35. The van der Waals surface area contributed by atoms with Gasteiger partial charge in [-0.15, -0.1) is 0 Å². The first-order valence-electron chi connectivity index (χ1n) is 8.74. The molecule has 0 spiro atoms. The number of nitrogens with zero attached hydrogens (tertiary/aromatic N) is 5. The lowest BCUT2D eigenvalue weighted by Crippen LogP contribution is -2.48. The van der Waals surface area contributed by atoms with Crippen molar-refractivity contribution >= 4 is 5.91 Å². The van der Waals surface area contributed by atoms with Crippen LogP contribution in [0.25, 0.3) is 0 Å². The van der Waals surface area contributed by atoms with Crippen LogP contribution in [0.15, 0.2) is 23.1 Å². The lowest BCUT2D eigenvalue weighted by atomic mass is 10.1. The summed E-state index contributed by atoms with van der Waals surface area (Å²) in [6, 6.07) is 2.08. The third-order valence-corrected chi connectivity index (χ3v) is 5.03. The molecule has 2 aromatic heterocycles. The number of aryl methyl sites for hydroxylation is 2. The summed E-state index contributed by atoms with van der Waals surface area (Å²) in [6.07, 6.45) is 3.99. The number of morpholine rings is 1. The second kappa shape index (κ2) is 6.97. The smallest absolute Gasteiger partial charge is 0.292 e. The molecule has 4 heterocycles. The molecule has 25 heavy (non-hydrogen) atoms. The number of ether oxygens (including phenoxy) is 1. The molecule has 8 nitrogen and oxygen atoms in total. The molecule has 4 rings (SSSR count). The van der Waals surface area contributed by atoms with Crippen LogP contribution >= 0.6 is 0 Å². The molecule has 1 unspecified atom stereocenters. The number of hydrogen-bond acceptors (Lipinski definition) is 6. The molecule has 0 saturated carbocycles. The van der Waals surface area contributed by atoms with E-state index in [0.29, 0.717) is 18.0 Å². The van der Waals surface area contributed by atoms with Gasteiger partial charge in [-0.25, -0.2) is 4.98 Å². The Bertz CT molecular complexity index is 734. The predicted octanol–water partition coefficient (Wildman–Crippen LogP) is 0.926. The molecule has 134 valence electrons. The first-order valence-corrected chi connectivity index (χ1v) is 8.74. The first-order chi connectivity index (χ1) is 12.2. The Balaban J connectivity index is 1.59. The monoisotopic (exact) mass is 345 g/mol. The molecule has 1 amide bonds.